The fourth-order valence-electron chi connectivity index (χ4n) is 4.17. The van der Waals surface area contributed by atoms with Crippen LogP contribution in [0.3, 0.4) is 0 Å². The lowest BCUT2D eigenvalue weighted by Crippen LogP contribution is -2.48. The number of benzene rings is 1. The number of aromatic nitrogens is 4. The van der Waals surface area contributed by atoms with Crippen LogP contribution in [0.25, 0.3) is 22.3 Å². The monoisotopic (exact) mass is 436 g/mol. The smallest absolute Gasteiger partial charge is 0.228 e. The van der Waals surface area contributed by atoms with Crippen molar-refractivity contribution < 1.29 is 0 Å². The summed E-state index contributed by atoms with van der Waals surface area (Å²) < 4.78 is 1.87. The third-order valence-corrected chi connectivity index (χ3v) is 6.00. The van der Waals surface area contributed by atoms with Crippen molar-refractivity contribution in [3.8, 4) is 11.3 Å². The van der Waals surface area contributed by atoms with Crippen LogP contribution in [0.5, 0.6) is 0 Å². The normalized spacial score (nSPS) is 15.8. The molecule has 1 aliphatic rings. The molecular formula is C24H36N8. The second-order valence-corrected chi connectivity index (χ2v) is 10.0. The Hall–Kier alpha value is -2.71. The van der Waals surface area contributed by atoms with Crippen LogP contribution < -0.4 is 10.6 Å². The van der Waals surface area contributed by atoms with Gasteiger partial charge in [0, 0.05) is 44.8 Å². The summed E-state index contributed by atoms with van der Waals surface area (Å²) in [6.45, 7) is 14.4. The van der Waals surface area contributed by atoms with Gasteiger partial charge in [0.2, 0.25) is 5.95 Å². The fraction of sp³-hybridized carbons (Fsp3) is 0.542. The Labute approximate surface area is 191 Å². The van der Waals surface area contributed by atoms with Crippen molar-refractivity contribution in [1.82, 2.24) is 29.5 Å². The molecule has 3 heterocycles. The van der Waals surface area contributed by atoms with Crippen molar-refractivity contribution in [3.63, 3.8) is 0 Å². The molecule has 1 aliphatic heterocycles. The van der Waals surface area contributed by atoms with Crippen molar-refractivity contribution in [2.24, 2.45) is 0 Å². The van der Waals surface area contributed by atoms with Crippen molar-refractivity contribution in [1.29, 1.82) is 0 Å². The molecule has 0 saturated carbocycles. The molecule has 8 nitrogen and oxygen atoms in total. The van der Waals surface area contributed by atoms with E-state index in [0.29, 0.717) is 11.5 Å². The van der Waals surface area contributed by atoms with Gasteiger partial charge in [-0.25, -0.2) is 9.67 Å². The Kier molecular flexibility index (Phi) is 6.09. The van der Waals surface area contributed by atoms with Crippen LogP contribution in [-0.2, 0) is 5.54 Å². The Morgan fingerprint density at radius 3 is 2.41 bits per heavy atom. The van der Waals surface area contributed by atoms with Crippen molar-refractivity contribution in [2.75, 3.05) is 64.0 Å². The van der Waals surface area contributed by atoms with Gasteiger partial charge in [0.15, 0.2) is 5.65 Å². The zero-order chi connectivity index (χ0) is 23.0. The summed E-state index contributed by atoms with van der Waals surface area (Å²) in [7, 11) is 4.24. The number of nitrogens with zero attached hydrogens (tertiary/aromatic N) is 7. The number of fused-ring (bicyclic) bond motifs is 1. The van der Waals surface area contributed by atoms with E-state index in [4.69, 9.17) is 20.8 Å². The van der Waals surface area contributed by atoms with Crippen LogP contribution in [-0.4, -0.2) is 82.9 Å². The molecule has 2 N–H and O–H groups in total. The molecule has 172 valence electrons. The predicted molar refractivity (Wildman–Crippen MR) is 132 cm³/mol. The Morgan fingerprint density at radius 1 is 1.06 bits per heavy atom. The van der Waals surface area contributed by atoms with Crippen LogP contribution in [0.2, 0.25) is 0 Å². The second-order valence-electron chi connectivity index (χ2n) is 10.0. The van der Waals surface area contributed by atoms with E-state index in [1.54, 1.807) is 0 Å². The predicted octanol–water partition coefficient (Wildman–Crippen LogP) is 2.82. The van der Waals surface area contributed by atoms with Crippen LogP contribution in [0.1, 0.15) is 26.3 Å². The number of hydrogen-bond donors (Lipinski definition) is 1. The molecule has 32 heavy (non-hydrogen) atoms. The molecule has 0 bridgehead atoms. The quantitative estimate of drug-likeness (QED) is 0.659. The largest absolute Gasteiger partial charge is 0.383 e. The van der Waals surface area contributed by atoms with Crippen LogP contribution >= 0.6 is 0 Å². The number of nitrogens with two attached hydrogens (primary N) is 1. The molecule has 3 aromatic rings. The minimum Gasteiger partial charge on any atom is -0.383 e. The summed E-state index contributed by atoms with van der Waals surface area (Å²) in [5, 5.41) is 5.64. The van der Waals surface area contributed by atoms with E-state index in [9.17, 15) is 0 Å². The Balaban J connectivity index is 1.73. The summed E-state index contributed by atoms with van der Waals surface area (Å²) in [5.41, 5.74) is 10.1. The highest BCUT2D eigenvalue weighted by molar-refractivity contribution is 5.99. The van der Waals surface area contributed by atoms with Gasteiger partial charge in [-0.1, -0.05) is 23.8 Å². The molecule has 1 fully saturated rings. The van der Waals surface area contributed by atoms with Gasteiger partial charge in [-0.3, -0.25) is 4.90 Å². The van der Waals surface area contributed by atoms with Gasteiger partial charge >= 0.3 is 0 Å². The minimum absolute atomic E-state index is 0.243. The van der Waals surface area contributed by atoms with E-state index in [1.807, 2.05) is 4.68 Å². The molecule has 0 radical (unpaired) electrons. The molecule has 1 saturated heterocycles. The number of nitrogen functional groups attached to an aromatic ring is 1. The van der Waals surface area contributed by atoms with Crippen LogP contribution in [0, 0.1) is 6.92 Å². The van der Waals surface area contributed by atoms with Gasteiger partial charge < -0.3 is 15.5 Å². The highest BCUT2D eigenvalue weighted by Crippen LogP contribution is 2.34. The SMILES string of the molecule is Cc1cccc(-c2nc(N3CCN(CCN(C)C)CC3)nc3nn(C(C)(C)C)c(N)c23)c1. The van der Waals surface area contributed by atoms with E-state index in [-0.39, 0.29) is 5.54 Å². The number of anilines is 2. The number of rotatable bonds is 5. The van der Waals surface area contributed by atoms with Crippen molar-refractivity contribution in [3.05, 3.63) is 29.8 Å². The molecule has 0 atom stereocenters. The molecule has 1 aromatic carbocycles. The number of likely N-dealkylation sites (N-methyl/N-ethyl adjacent to an activating group) is 1. The van der Waals surface area contributed by atoms with Crippen molar-refractivity contribution >= 4 is 22.8 Å². The van der Waals surface area contributed by atoms with Crippen molar-refractivity contribution in [2.45, 2.75) is 33.2 Å². The lowest BCUT2D eigenvalue weighted by Gasteiger charge is -2.35. The Bertz CT molecular complexity index is 1090. The lowest BCUT2D eigenvalue weighted by atomic mass is 10.1. The van der Waals surface area contributed by atoms with Gasteiger partial charge in [0.05, 0.1) is 16.6 Å². The fourth-order valence-corrected chi connectivity index (χ4v) is 4.17. The average Bonchev–Trinajstić information content (AvgIpc) is 3.09. The molecule has 8 heteroatoms. The average molecular weight is 437 g/mol. The molecule has 4 rings (SSSR count). The molecule has 2 aromatic heterocycles. The first kappa shape index (κ1) is 22.5. The third-order valence-electron chi connectivity index (χ3n) is 6.00. The summed E-state index contributed by atoms with van der Waals surface area (Å²) in [6.07, 6.45) is 0. The van der Waals surface area contributed by atoms with Gasteiger partial charge in [-0.2, -0.15) is 4.98 Å². The molecular weight excluding hydrogens is 400 g/mol. The summed E-state index contributed by atoms with van der Waals surface area (Å²) in [6, 6.07) is 8.40. The van der Waals surface area contributed by atoms with Gasteiger partial charge in [-0.15, -0.1) is 5.10 Å². The molecule has 0 amide bonds. The first-order chi connectivity index (χ1) is 15.1. The van der Waals surface area contributed by atoms with Gasteiger partial charge in [0.25, 0.3) is 0 Å². The molecule has 0 unspecified atom stereocenters. The maximum atomic E-state index is 6.60. The Morgan fingerprint density at radius 2 is 1.78 bits per heavy atom. The summed E-state index contributed by atoms with van der Waals surface area (Å²) in [5.74, 6) is 1.35. The molecule has 0 spiro atoms. The summed E-state index contributed by atoms with van der Waals surface area (Å²) in [4.78, 5) is 16.9. The number of piperazine rings is 1. The molecule has 0 aliphatic carbocycles. The summed E-state index contributed by atoms with van der Waals surface area (Å²) >= 11 is 0. The van der Waals surface area contributed by atoms with E-state index in [0.717, 1.165) is 61.9 Å². The van der Waals surface area contributed by atoms with Crippen LogP contribution in [0.15, 0.2) is 24.3 Å². The van der Waals surface area contributed by atoms with Gasteiger partial charge in [0.1, 0.15) is 5.82 Å². The first-order valence-corrected chi connectivity index (χ1v) is 11.4. The zero-order valence-corrected chi connectivity index (χ0v) is 20.3. The third kappa shape index (κ3) is 4.56. The first-order valence-electron chi connectivity index (χ1n) is 11.4. The van der Waals surface area contributed by atoms with E-state index >= 15 is 0 Å². The van der Waals surface area contributed by atoms with Gasteiger partial charge in [-0.05, 0) is 47.9 Å². The minimum atomic E-state index is -0.243. The second kappa shape index (κ2) is 8.67. The standard InChI is InChI=1S/C24H36N8/c1-17-8-7-9-18(16-17)20-19-21(25)32(24(2,3)4)28-22(19)27-23(26-20)31-14-12-30(13-15-31)11-10-29(5)6/h7-9,16H,10-15,25H2,1-6H3. The highest BCUT2D eigenvalue weighted by Gasteiger charge is 2.26. The zero-order valence-electron chi connectivity index (χ0n) is 20.3. The maximum absolute atomic E-state index is 6.60. The van der Waals surface area contributed by atoms with E-state index in [1.165, 1.54) is 5.56 Å². The number of hydrogen-bond acceptors (Lipinski definition) is 7. The number of aryl methyl sites for hydroxylation is 1. The topological polar surface area (TPSA) is 79.3 Å². The van der Waals surface area contributed by atoms with E-state index < -0.39 is 0 Å². The van der Waals surface area contributed by atoms with E-state index in [2.05, 4.69) is 80.8 Å². The maximum Gasteiger partial charge on any atom is 0.228 e. The highest BCUT2D eigenvalue weighted by atomic mass is 15.4. The lowest BCUT2D eigenvalue weighted by molar-refractivity contribution is 0.229. The van der Waals surface area contributed by atoms with Crippen LogP contribution in [0.4, 0.5) is 11.8 Å².